The van der Waals surface area contributed by atoms with Gasteiger partial charge in [-0.05, 0) is 178 Å². The fraction of sp³-hybridized carbons (Fsp3) is 0.576. The van der Waals surface area contributed by atoms with E-state index in [1.54, 1.807) is 12.1 Å². The number of aromatic hydroxyl groups is 6. The molecule has 6 aromatic carbocycles. The average molecular weight is 1610 g/mol. The van der Waals surface area contributed by atoms with Crippen molar-refractivity contribution < 1.29 is 78.2 Å². The lowest BCUT2D eigenvalue weighted by molar-refractivity contribution is -0.337. The summed E-state index contributed by atoms with van der Waals surface area (Å²) in [6.45, 7) is 57.1. The van der Waals surface area contributed by atoms with E-state index in [1.807, 2.05) is 114 Å². The second kappa shape index (κ2) is 37.9. The molecule has 6 N–H and O–H groups in total. The largest absolute Gasteiger partial charge is 0.507 e. The molecule has 0 radical (unpaired) electrons. The standard InChI is InChI=1S/C50H64N2O6.C49H76O10/c1-31(2)40-23-34(24-41(46(40)57)48(3,4)5)12-16-38(53)29-51-27-36-21-32(14-18-44(36)55)20-33-15-19-45(56)37(22-33)28-52-30-39(54)17-13-35-25-42(49(6,7)8)47(58)43(26-35)50(9,10)11;1-43(2,3)33-21-31(22-34(39(33)52)44(4,5)6)17-19-37(50)54-25-47(13,14)41-56-27-49(28-57-41)29-58-42(59-30-49)48(15,16)26-55-38(51)20-18-32-23-35(45(7,8)9)40(53)36(24-32)46(10,11)12/h14-15,18-19,21-28,31,55-58H,12-13,16-17,20,29-30H2,1-11H3;21-24,41-42,52-53H,17-20,25-30H2,1-16H3. The van der Waals surface area contributed by atoms with E-state index in [2.05, 4.69) is 155 Å². The maximum atomic E-state index is 13.0. The first-order chi connectivity index (χ1) is 53.8. The maximum absolute atomic E-state index is 13.0. The molecule has 0 aromatic heterocycles. The Hall–Kier alpha value is -8.42. The number of nitrogens with zero attached hydrogens (tertiary/aromatic N) is 2. The second-order valence-electron chi connectivity index (χ2n) is 41.8. The monoisotopic (exact) mass is 1610 g/mol. The third-order valence-electron chi connectivity index (χ3n) is 21.8. The predicted molar refractivity (Wildman–Crippen MR) is 468 cm³/mol. The summed E-state index contributed by atoms with van der Waals surface area (Å²) < 4.78 is 36.5. The lowest BCUT2D eigenvalue weighted by atomic mass is 9.78. The van der Waals surface area contributed by atoms with Gasteiger partial charge >= 0.3 is 11.9 Å². The van der Waals surface area contributed by atoms with Crippen molar-refractivity contribution in [1.82, 2.24) is 0 Å². The smallest absolute Gasteiger partial charge is 0.306 e. The molecular weight excluding hydrogens is 1470 g/mol. The third kappa shape index (κ3) is 26.8. The zero-order chi connectivity index (χ0) is 87.7. The van der Waals surface area contributed by atoms with Gasteiger partial charge in [-0.1, -0.05) is 248 Å². The number of hydrogen-bond acceptors (Lipinski definition) is 18. The summed E-state index contributed by atoms with van der Waals surface area (Å²) in [6.07, 6.45) is 5.51. The topological polar surface area (TPSA) is 270 Å². The van der Waals surface area contributed by atoms with Gasteiger partial charge in [0.2, 0.25) is 0 Å². The quantitative estimate of drug-likeness (QED) is 0.0207. The van der Waals surface area contributed by atoms with Gasteiger partial charge in [-0.3, -0.25) is 29.2 Å². The van der Waals surface area contributed by atoms with E-state index in [1.165, 1.54) is 12.4 Å². The van der Waals surface area contributed by atoms with Gasteiger partial charge < -0.3 is 59.1 Å². The summed E-state index contributed by atoms with van der Waals surface area (Å²) in [5, 5.41) is 65.1. The number of Topliss-reactive ketones (excluding diaryl/α,β-unsaturated/α-hetero) is 2. The molecule has 2 saturated heterocycles. The Morgan fingerprint density at radius 2 is 0.650 bits per heavy atom. The van der Waals surface area contributed by atoms with Crippen LogP contribution >= 0.6 is 0 Å². The number of ether oxygens (including phenoxy) is 6. The van der Waals surface area contributed by atoms with Crippen LogP contribution in [0.5, 0.6) is 34.5 Å². The molecule has 0 unspecified atom stereocenters. The number of ketones is 2. The summed E-state index contributed by atoms with van der Waals surface area (Å²) in [4.78, 5) is 60.4. The van der Waals surface area contributed by atoms with Gasteiger partial charge in [0.1, 0.15) is 47.7 Å². The highest BCUT2D eigenvalue weighted by molar-refractivity contribution is 5.89. The molecule has 117 heavy (non-hydrogen) atoms. The highest BCUT2D eigenvalue weighted by atomic mass is 16.7. The van der Waals surface area contributed by atoms with Gasteiger partial charge in [-0.15, -0.1) is 0 Å². The molecule has 0 aliphatic carbocycles. The van der Waals surface area contributed by atoms with E-state index < -0.39 is 28.8 Å². The zero-order valence-corrected chi connectivity index (χ0v) is 75.7. The number of carbonyl (C=O) groups excluding carboxylic acids is 4. The minimum atomic E-state index is -0.606. The van der Waals surface area contributed by atoms with E-state index in [-0.39, 0.29) is 118 Å². The number of rotatable bonds is 27. The highest BCUT2D eigenvalue weighted by Crippen LogP contribution is 2.46. The maximum Gasteiger partial charge on any atom is 0.306 e. The molecule has 0 atom stereocenters. The third-order valence-corrected chi connectivity index (χ3v) is 21.8. The van der Waals surface area contributed by atoms with Crippen molar-refractivity contribution in [1.29, 1.82) is 0 Å². The van der Waals surface area contributed by atoms with E-state index in [0.29, 0.717) is 105 Å². The summed E-state index contributed by atoms with van der Waals surface area (Å²) in [6, 6.07) is 26.5. The van der Waals surface area contributed by atoms with E-state index in [0.717, 1.165) is 77.9 Å². The average Bonchev–Trinajstić information content (AvgIpc) is 0.815. The van der Waals surface area contributed by atoms with Gasteiger partial charge in [0.15, 0.2) is 24.1 Å². The van der Waals surface area contributed by atoms with Crippen LogP contribution in [0.1, 0.15) is 308 Å². The number of aryl methyl sites for hydroxylation is 4. The molecule has 2 heterocycles. The number of phenolic OH excluding ortho intramolecular Hbond substituents is 6. The minimum Gasteiger partial charge on any atom is -0.507 e. The number of hydrogen-bond donors (Lipinski definition) is 6. The number of carbonyl (C=O) groups is 4. The van der Waals surface area contributed by atoms with Crippen LogP contribution in [-0.4, -0.2) is 132 Å². The van der Waals surface area contributed by atoms with Crippen molar-refractivity contribution in [2.75, 3.05) is 52.7 Å². The van der Waals surface area contributed by atoms with Crippen LogP contribution < -0.4 is 0 Å². The Bertz CT molecular complexity index is 4280. The molecule has 18 heteroatoms. The van der Waals surface area contributed by atoms with Crippen LogP contribution in [0, 0.1) is 16.2 Å². The summed E-state index contributed by atoms with van der Waals surface area (Å²) in [7, 11) is 0. The Morgan fingerprint density at radius 1 is 0.385 bits per heavy atom. The Labute approximate surface area is 699 Å². The van der Waals surface area contributed by atoms with Crippen molar-refractivity contribution >= 4 is 35.9 Å². The molecule has 6 aromatic rings. The van der Waals surface area contributed by atoms with Crippen molar-refractivity contribution in [3.8, 4) is 34.5 Å². The molecule has 2 aliphatic rings. The van der Waals surface area contributed by atoms with Crippen LogP contribution in [0.15, 0.2) is 94.9 Å². The van der Waals surface area contributed by atoms with Crippen molar-refractivity contribution in [2.45, 2.75) is 301 Å². The van der Waals surface area contributed by atoms with Gasteiger partial charge in [-0.25, -0.2) is 0 Å². The van der Waals surface area contributed by atoms with Crippen LogP contribution in [0.3, 0.4) is 0 Å². The number of phenols is 6. The Morgan fingerprint density at radius 3 is 0.923 bits per heavy atom. The SMILES string of the molecule is CC(C)(C)c1cc(CCC(=O)OCC(C)(C)C2OCC3(CO2)COC(C(C)(C)COC(=O)CCc2cc(C(C)(C)C)c(O)c(C(C)(C)C)c2)OC3)cc(C(C)(C)C)c1O.CC(C)c1cc(CCC(=O)CN=Cc2cc(Cc3ccc(O)c(C=NCC(=O)CCc4cc(C(C)(C)C)c(O)c(C(C)(C)C)c4)c3)ccc2O)cc(C(C)(C)C)c1O. The van der Waals surface area contributed by atoms with Crippen LogP contribution in [0.4, 0.5) is 0 Å². The first kappa shape index (κ1) is 95.7. The zero-order valence-electron chi connectivity index (χ0n) is 75.7. The fourth-order valence-electron chi connectivity index (χ4n) is 14.5. The lowest BCUT2D eigenvalue weighted by Gasteiger charge is -2.48. The fourth-order valence-corrected chi connectivity index (χ4v) is 14.5. The summed E-state index contributed by atoms with van der Waals surface area (Å²) in [5.74, 6) is 0.898. The van der Waals surface area contributed by atoms with Gasteiger partial charge in [0.25, 0.3) is 0 Å². The second-order valence-corrected chi connectivity index (χ2v) is 41.8. The van der Waals surface area contributed by atoms with Crippen molar-refractivity contribution in [3.05, 3.63) is 174 Å². The van der Waals surface area contributed by atoms with Crippen molar-refractivity contribution in [3.63, 3.8) is 0 Å². The summed E-state index contributed by atoms with van der Waals surface area (Å²) in [5.41, 5.74) is 10.3. The number of esters is 2. The Balaban J connectivity index is 0.000000323. The predicted octanol–water partition coefficient (Wildman–Crippen LogP) is 20.1. The molecule has 8 rings (SSSR count). The minimum absolute atomic E-state index is 0.0127. The molecule has 2 fully saturated rings. The number of aliphatic imine (C=N–C) groups is 2. The summed E-state index contributed by atoms with van der Waals surface area (Å²) >= 11 is 0. The first-order valence-corrected chi connectivity index (χ1v) is 41.7. The van der Waals surface area contributed by atoms with Gasteiger partial charge in [0.05, 0.1) is 44.9 Å². The molecule has 1 spiro atoms. The normalized spacial score (nSPS) is 16.9. The van der Waals surface area contributed by atoms with Gasteiger partial charge in [-0.2, -0.15) is 0 Å². The van der Waals surface area contributed by atoms with Crippen LogP contribution in [-0.2, 0) is 118 Å². The Kier molecular flexibility index (Phi) is 31.0. The molecular formula is C99H140N2O16. The van der Waals surface area contributed by atoms with E-state index in [4.69, 9.17) is 28.4 Å². The van der Waals surface area contributed by atoms with Gasteiger partial charge in [0, 0.05) is 60.1 Å². The molecule has 642 valence electrons. The first-order valence-electron chi connectivity index (χ1n) is 41.7. The highest BCUT2D eigenvalue weighted by Gasteiger charge is 2.49. The van der Waals surface area contributed by atoms with E-state index in [9.17, 15) is 49.8 Å². The molecule has 0 saturated carbocycles. The van der Waals surface area contributed by atoms with E-state index >= 15 is 0 Å². The molecule has 18 nitrogen and oxygen atoms in total. The van der Waals surface area contributed by atoms with Crippen molar-refractivity contribution in [2.24, 2.45) is 26.2 Å². The number of benzene rings is 6. The molecule has 0 amide bonds. The molecule has 2 aliphatic heterocycles. The lowest BCUT2D eigenvalue weighted by Crippen LogP contribution is -2.57. The molecule has 0 bridgehead atoms. The van der Waals surface area contributed by atoms with Crippen LogP contribution in [0.25, 0.3) is 0 Å². The van der Waals surface area contributed by atoms with Crippen LogP contribution in [0.2, 0.25) is 0 Å².